The zero-order chi connectivity index (χ0) is 8.41. The van der Waals surface area contributed by atoms with E-state index in [1.54, 1.807) is 0 Å². The molecule has 0 rings (SSSR count). The molecule has 0 aliphatic carbocycles. The number of rotatable bonds is 3. The molecule has 0 saturated carbocycles. The Labute approximate surface area is 62.3 Å². The van der Waals surface area contributed by atoms with E-state index in [0.29, 0.717) is 0 Å². The summed E-state index contributed by atoms with van der Waals surface area (Å²) in [6.45, 7) is 4.99. The average molecular weight is 149 g/mol. The monoisotopic (exact) mass is 149 g/mol. The van der Waals surface area contributed by atoms with E-state index in [0.717, 1.165) is 6.42 Å². The van der Waals surface area contributed by atoms with Crippen LogP contribution in [0.5, 0.6) is 0 Å². The Balaban J connectivity index is 0. The number of hydrogen-bond donors (Lipinski definition) is 3. The van der Waals surface area contributed by atoms with Crippen molar-refractivity contribution in [3.8, 4) is 0 Å². The Morgan fingerprint density at radius 2 is 1.60 bits per heavy atom. The van der Waals surface area contributed by atoms with Crippen molar-refractivity contribution < 1.29 is 15.3 Å². The standard InChI is InChI=1S/C4H9.C3H8O3/c1-3-4-2;4-1-3(6)2-5/h1,3-4H2,2H3;3-6H,1-2H2. The molecule has 0 saturated heterocycles. The molecule has 3 nitrogen and oxygen atoms in total. The minimum Gasteiger partial charge on any atom is -0.394 e. The Bertz CT molecular complexity index is 42.1. The topological polar surface area (TPSA) is 60.7 Å². The summed E-state index contributed by atoms with van der Waals surface area (Å²) in [5.41, 5.74) is 0. The molecule has 0 fully saturated rings. The molecule has 3 heteroatoms. The van der Waals surface area contributed by atoms with Gasteiger partial charge in [0.1, 0.15) is 6.10 Å². The highest BCUT2D eigenvalue weighted by atomic mass is 16.3. The van der Waals surface area contributed by atoms with Crippen molar-refractivity contribution in [3.05, 3.63) is 6.92 Å². The molecular formula is C7H17O3. The van der Waals surface area contributed by atoms with Crippen molar-refractivity contribution in [2.24, 2.45) is 0 Å². The van der Waals surface area contributed by atoms with Crippen molar-refractivity contribution >= 4 is 0 Å². The molecule has 0 atom stereocenters. The summed E-state index contributed by atoms with van der Waals surface area (Å²) in [7, 11) is 0. The van der Waals surface area contributed by atoms with Gasteiger partial charge in [0.05, 0.1) is 13.2 Å². The molecule has 0 spiro atoms. The molecule has 1 radical (unpaired) electrons. The average Bonchev–Trinajstić information content (AvgIpc) is 2.03. The first-order valence-corrected chi connectivity index (χ1v) is 3.41. The molecule has 0 bridgehead atoms. The van der Waals surface area contributed by atoms with Crippen LogP contribution in [-0.4, -0.2) is 34.6 Å². The highest BCUT2D eigenvalue weighted by Crippen LogP contribution is 1.76. The summed E-state index contributed by atoms with van der Waals surface area (Å²) in [4.78, 5) is 0. The van der Waals surface area contributed by atoms with Crippen LogP contribution in [0.15, 0.2) is 0 Å². The first-order valence-electron chi connectivity index (χ1n) is 3.41. The fourth-order valence-corrected chi connectivity index (χ4v) is 0.0577. The molecule has 0 heterocycles. The lowest BCUT2D eigenvalue weighted by molar-refractivity contribution is 0.0450. The largest absolute Gasteiger partial charge is 0.394 e. The van der Waals surface area contributed by atoms with Gasteiger partial charge in [-0.25, -0.2) is 0 Å². The zero-order valence-electron chi connectivity index (χ0n) is 6.45. The third kappa shape index (κ3) is 15.7. The van der Waals surface area contributed by atoms with Gasteiger partial charge < -0.3 is 15.3 Å². The summed E-state index contributed by atoms with van der Waals surface area (Å²) in [6.07, 6.45) is 1.32. The zero-order valence-corrected chi connectivity index (χ0v) is 6.45. The lowest BCUT2D eigenvalue weighted by atomic mass is 10.4. The lowest BCUT2D eigenvalue weighted by Gasteiger charge is -1.96. The second kappa shape index (κ2) is 11.6. The number of aliphatic hydroxyl groups is 3. The van der Waals surface area contributed by atoms with Crippen LogP contribution in [0.4, 0.5) is 0 Å². The molecular weight excluding hydrogens is 132 g/mol. The van der Waals surface area contributed by atoms with Crippen LogP contribution >= 0.6 is 0 Å². The van der Waals surface area contributed by atoms with E-state index in [2.05, 4.69) is 13.8 Å². The van der Waals surface area contributed by atoms with Gasteiger partial charge in [-0.1, -0.05) is 26.7 Å². The third-order valence-corrected chi connectivity index (χ3v) is 0.775. The number of unbranched alkanes of at least 4 members (excludes halogenated alkanes) is 1. The molecule has 0 amide bonds. The van der Waals surface area contributed by atoms with E-state index >= 15 is 0 Å². The van der Waals surface area contributed by atoms with Crippen LogP contribution in [0.2, 0.25) is 0 Å². The number of aliphatic hydroxyl groups excluding tert-OH is 3. The fourth-order valence-electron chi connectivity index (χ4n) is 0.0577. The van der Waals surface area contributed by atoms with Crippen molar-refractivity contribution in [1.82, 2.24) is 0 Å². The summed E-state index contributed by atoms with van der Waals surface area (Å²) >= 11 is 0. The molecule has 0 aromatic heterocycles. The maximum atomic E-state index is 8.17. The molecule has 0 unspecified atom stereocenters. The quantitative estimate of drug-likeness (QED) is 0.527. The van der Waals surface area contributed by atoms with Crippen molar-refractivity contribution in [3.63, 3.8) is 0 Å². The molecule has 0 aliphatic rings. The van der Waals surface area contributed by atoms with Crippen LogP contribution < -0.4 is 0 Å². The lowest BCUT2D eigenvalue weighted by Crippen LogP contribution is -2.15. The van der Waals surface area contributed by atoms with E-state index in [1.807, 2.05) is 0 Å². The molecule has 0 aromatic rings. The molecule has 10 heavy (non-hydrogen) atoms. The number of hydrogen-bond acceptors (Lipinski definition) is 3. The van der Waals surface area contributed by atoms with Crippen LogP contribution in [0.25, 0.3) is 0 Å². The summed E-state index contributed by atoms with van der Waals surface area (Å²) < 4.78 is 0. The van der Waals surface area contributed by atoms with Crippen LogP contribution in [0.3, 0.4) is 0 Å². The maximum Gasteiger partial charge on any atom is 0.100 e. The SMILES string of the molecule is OCC(O)CO.[CH2]CCC. The van der Waals surface area contributed by atoms with E-state index in [9.17, 15) is 0 Å². The van der Waals surface area contributed by atoms with Crippen molar-refractivity contribution in [1.29, 1.82) is 0 Å². The summed E-state index contributed by atoms with van der Waals surface area (Å²) in [5, 5.41) is 24.0. The third-order valence-electron chi connectivity index (χ3n) is 0.775. The predicted molar refractivity (Wildman–Crippen MR) is 40.4 cm³/mol. The van der Waals surface area contributed by atoms with Gasteiger partial charge in [0.15, 0.2) is 0 Å². The van der Waals surface area contributed by atoms with E-state index in [1.165, 1.54) is 6.42 Å². The van der Waals surface area contributed by atoms with Crippen molar-refractivity contribution in [2.45, 2.75) is 25.9 Å². The summed E-state index contributed by atoms with van der Waals surface area (Å²) in [6, 6.07) is 0. The van der Waals surface area contributed by atoms with Gasteiger partial charge >= 0.3 is 0 Å². The van der Waals surface area contributed by atoms with Gasteiger partial charge in [0.25, 0.3) is 0 Å². The minimum atomic E-state index is -0.954. The van der Waals surface area contributed by atoms with Crippen LogP contribution in [-0.2, 0) is 0 Å². The maximum absolute atomic E-state index is 8.17. The minimum absolute atomic E-state index is 0.365. The fraction of sp³-hybridized carbons (Fsp3) is 0.857. The van der Waals surface area contributed by atoms with Gasteiger partial charge in [-0.15, -0.1) is 0 Å². The van der Waals surface area contributed by atoms with Gasteiger partial charge in [0.2, 0.25) is 0 Å². The Morgan fingerprint density at radius 3 is 1.60 bits per heavy atom. The predicted octanol–water partition coefficient (Wildman–Crippen LogP) is -0.0475. The van der Waals surface area contributed by atoms with Gasteiger partial charge in [0, 0.05) is 0 Å². The Kier molecular flexibility index (Phi) is 14.6. The van der Waals surface area contributed by atoms with E-state index in [-0.39, 0.29) is 13.2 Å². The van der Waals surface area contributed by atoms with Gasteiger partial charge in [-0.3, -0.25) is 0 Å². The first-order chi connectivity index (χ1) is 4.72. The molecule has 0 aliphatic heterocycles. The molecule has 3 N–H and O–H groups in total. The smallest absolute Gasteiger partial charge is 0.100 e. The van der Waals surface area contributed by atoms with Gasteiger partial charge in [-0.05, 0) is 0 Å². The van der Waals surface area contributed by atoms with Crippen molar-refractivity contribution in [2.75, 3.05) is 13.2 Å². The second-order valence-electron chi connectivity index (χ2n) is 1.87. The van der Waals surface area contributed by atoms with E-state index < -0.39 is 6.10 Å². The molecule has 0 aromatic carbocycles. The summed E-state index contributed by atoms with van der Waals surface area (Å²) in [5.74, 6) is 0. The van der Waals surface area contributed by atoms with Crippen LogP contribution in [0.1, 0.15) is 19.8 Å². The first kappa shape index (κ1) is 12.5. The Morgan fingerprint density at radius 1 is 1.30 bits per heavy atom. The highest BCUT2D eigenvalue weighted by molar-refractivity contribution is 4.44. The normalized spacial score (nSPS) is 9.00. The Hall–Kier alpha value is -0.120. The highest BCUT2D eigenvalue weighted by Gasteiger charge is 1.93. The second-order valence-corrected chi connectivity index (χ2v) is 1.87. The van der Waals surface area contributed by atoms with E-state index in [4.69, 9.17) is 15.3 Å². The van der Waals surface area contributed by atoms with Crippen LogP contribution in [0, 0.1) is 6.92 Å². The molecule has 63 valence electrons. The van der Waals surface area contributed by atoms with Gasteiger partial charge in [-0.2, -0.15) is 0 Å².